The van der Waals surface area contributed by atoms with Gasteiger partial charge in [-0.2, -0.15) is 0 Å². The van der Waals surface area contributed by atoms with Gasteiger partial charge in [-0.15, -0.1) is 22.0 Å². The Morgan fingerprint density at radius 3 is 0.944 bits per heavy atom. The fourth-order valence-electron chi connectivity index (χ4n) is 15.8. The number of fused-ring (bicyclic) bond motifs is 5. The first kappa shape index (κ1) is 95.6. The molecule has 5 aromatic rings. The Morgan fingerprint density at radius 1 is 0.352 bits per heavy atom. The lowest BCUT2D eigenvalue weighted by molar-refractivity contribution is 0.00753. The largest absolute Gasteiger partial charge is 0.493 e. The third-order valence-corrected chi connectivity index (χ3v) is 27.3. The molecule has 1 saturated carbocycles. The molecule has 9 heterocycles. The molecule has 10 N–H and O–H groups in total. The predicted molar refractivity (Wildman–Crippen MR) is 476 cm³/mol. The Balaban J connectivity index is 0.000000153. The lowest BCUT2D eigenvalue weighted by atomic mass is 9.97. The molecule has 35 nitrogen and oxygen atoms in total. The minimum atomic E-state index is -3.59. The molecular formula is C85H118N14O21S5. The SMILES string of the molecule is CC(C)(C)OC(=O)N1CCC(COc2cccc3c2C(N)=NS(=O)(=O)C3)CC1.CC(C)(C)OC(=O)N1CCC(Oc2cccc3c2C(N)=NS(=O)(=O)C3)CC1.CC(C)(C)OC(=O)N1CCC[C@H](Oc2cccc3c2C(N)=NS(=O)(=O)C3)C1.CC(C)N1CCC(Oc2cccc3c2C(N)=NS(=O)(=O)C3)CC1.NC1=NS(=O)(=O)Cc2cccc(OC3CCCCC3)c21. The van der Waals surface area contributed by atoms with Crippen LogP contribution in [0.15, 0.2) is 113 Å². The van der Waals surface area contributed by atoms with Crippen LogP contribution in [0, 0.1) is 5.92 Å². The number of carbonyl (C=O) groups excluding carboxylic acids is 3. The maximum atomic E-state index is 12.3. The average Bonchev–Trinajstić information content (AvgIpc) is 0.795. The molecule has 0 radical (unpaired) electrons. The van der Waals surface area contributed by atoms with Crippen molar-refractivity contribution in [1.82, 2.24) is 19.6 Å². The van der Waals surface area contributed by atoms with E-state index in [0.29, 0.717) is 155 Å². The highest BCUT2D eigenvalue weighted by Crippen LogP contribution is 2.38. The summed E-state index contributed by atoms with van der Waals surface area (Å²) in [4.78, 5) is 44.1. The van der Waals surface area contributed by atoms with Crippen molar-refractivity contribution in [3.05, 3.63) is 147 Å². The summed E-state index contributed by atoms with van der Waals surface area (Å²) in [5, 5.41) is 0. The van der Waals surface area contributed by atoms with E-state index in [9.17, 15) is 56.5 Å². The molecule has 0 aromatic heterocycles. The summed E-state index contributed by atoms with van der Waals surface area (Å²) in [5.74, 6) is 2.30. The number of carbonyl (C=O) groups is 3. The molecule has 9 aliphatic heterocycles. The molecule has 1 aliphatic carbocycles. The van der Waals surface area contributed by atoms with Crippen LogP contribution >= 0.6 is 0 Å². The van der Waals surface area contributed by atoms with E-state index >= 15 is 0 Å². The maximum Gasteiger partial charge on any atom is 0.410 e. The zero-order valence-corrected chi connectivity index (χ0v) is 76.8. The Morgan fingerprint density at radius 2 is 0.624 bits per heavy atom. The minimum Gasteiger partial charge on any atom is -0.493 e. The van der Waals surface area contributed by atoms with Crippen LogP contribution in [0.3, 0.4) is 0 Å². The van der Waals surface area contributed by atoms with E-state index in [-0.39, 0.29) is 101 Å². The van der Waals surface area contributed by atoms with Gasteiger partial charge in [0.15, 0.2) is 0 Å². The van der Waals surface area contributed by atoms with Crippen LogP contribution in [0.2, 0.25) is 0 Å². The number of rotatable bonds is 12. The predicted octanol–water partition coefficient (Wildman–Crippen LogP) is 9.72. The van der Waals surface area contributed by atoms with Gasteiger partial charge >= 0.3 is 18.3 Å². The molecule has 0 unspecified atom stereocenters. The summed E-state index contributed by atoms with van der Waals surface area (Å²) in [7, 11) is -17.7. The molecule has 0 spiro atoms. The van der Waals surface area contributed by atoms with E-state index in [1.54, 1.807) is 81.4 Å². The lowest BCUT2D eigenvalue weighted by Crippen LogP contribution is -2.46. The van der Waals surface area contributed by atoms with Gasteiger partial charge in [-0.25, -0.2) is 56.5 Å². The summed E-state index contributed by atoms with van der Waals surface area (Å²) in [6, 6.07) is 27.0. The summed E-state index contributed by atoms with van der Waals surface area (Å²) < 4.78 is 182. The fourth-order valence-corrected chi connectivity index (χ4v) is 21.3. The van der Waals surface area contributed by atoms with Crippen molar-refractivity contribution in [1.29, 1.82) is 0 Å². The number of benzene rings is 5. The molecule has 3 amide bonds. The molecule has 125 heavy (non-hydrogen) atoms. The van der Waals surface area contributed by atoms with E-state index in [1.807, 2.05) is 86.6 Å². The third-order valence-electron chi connectivity index (χ3n) is 21.5. The first-order chi connectivity index (χ1) is 58.5. The highest BCUT2D eigenvalue weighted by Gasteiger charge is 2.37. The number of hydrogen-bond acceptors (Lipinski definition) is 27. The molecule has 10 aliphatic rings. The van der Waals surface area contributed by atoms with Gasteiger partial charge in [0.25, 0.3) is 50.1 Å². The van der Waals surface area contributed by atoms with Crippen LogP contribution in [0.1, 0.15) is 215 Å². The zero-order chi connectivity index (χ0) is 90.9. The van der Waals surface area contributed by atoms with E-state index in [0.717, 1.165) is 64.5 Å². The monoisotopic (exact) mass is 1830 g/mol. The normalized spacial score (nSPS) is 20.9. The first-order valence-corrected chi connectivity index (χ1v) is 50.1. The van der Waals surface area contributed by atoms with Gasteiger partial charge in [0, 0.05) is 64.7 Å². The Kier molecular flexibility index (Phi) is 30.2. The second kappa shape index (κ2) is 39.5. The van der Waals surface area contributed by atoms with E-state index < -0.39 is 66.9 Å². The smallest absolute Gasteiger partial charge is 0.410 e. The second-order valence-electron chi connectivity index (χ2n) is 35.6. The van der Waals surface area contributed by atoms with Gasteiger partial charge in [-0.05, 0) is 204 Å². The molecule has 15 rings (SSSR count). The van der Waals surface area contributed by atoms with Gasteiger partial charge in [-0.3, -0.25) is 0 Å². The molecule has 0 bridgehead atoms. The number of amidine groups is 5. The summed E-state index contributed by atoms with van der Waals surface area (Å²) in [5.41, 5.74) is 33.7. The standard InChI is InChI=1S/C19H27N3O5S.2C18H25N3O5S.C16H23N3O3S.C14H18N2O3S/c1-19(2,3)27-18(23)22-9-7-13(8-10-22)11-26-15-6-4-5-14-12-28(24,25)21-17(20)16(14)15;1-18(2,3)26-17(22)21-9-5-7-13(10-21)25-14-8-4-6-12-11-27(23,24)20-16(19)15(12)14;1-18(2,3)26-17(22)21-9-7-13(8-10-21)25-14-6-4-5-12-11-27(23,24)20-16(19)15(12)14;1-11(2)19-8-6-13(7-9-19)22-14-5-3-4-12-10-23(20,21)18-16(17)15(12)14;15-14-13-10(9-20(17,18)16-14)5-4-8-12(13)19-11-6-2-1-3-7-11/h4-6,13H,7-12H2,1-3H3,(H2,20,21);4,6,8,13H,5,7,9-11H2,1-3H3,(H2,19,20);4-6,13H,7-11H2,1-3H3,(H2,19,20);3-5,11,13H,6-10H2,1-2H3,(H2,17,18);4-5,8,11H,1-3,6-7,9H2,(H2,15,16)/t;13-;;;/m.0.../s1. The van der Waals surface area contributed by atoms with Gasteiger partial charge in [-0.1, -0.05) is 67.1 Å². The first-order valence-electron chi connectivity index (χ1n) is 42.0. The second-order valence-corrected chi connectivity index (χ2v) is 43.8. The maximum absolute atomic E-state index is 12.3. The quantitative estimate of drug-likeness (QED) is 0.0725. The van der Waals surface area contributed by atoms with Crippen LogP contribution in [0.25, 0.3) is 0 Å². The fraction of sp³-hybridized carbons (Fsp3) is 0.553. The number of amides is 3. The van der Waals surface area contributed by atoms with E-state index in [4.69, 9.17) is 66.6 Å². The lowest BCUT2D eigenvalue weighted by Gasteiger charge is -2.35. The molecule has 684 valence electrons. The van der Waals surface area contributed by atoms with Gasteiger partial charge in [0.05, 0.1) is 75.8 Å². The highest BCUT2D eigenvalue weighted by atomic mass is 32.2. The summed E-state index contributed by atoms with van der Waals surface area (Å²) in [6.45, 7) is 26.8. The van der Waals surface area contributed by atoms with Crippen molar-refractivity contribution in [2.75, 3.05) is 59.0 Å². The Labute approximate surface area is 733 Å². The molecular weight excluding hydrogens is 1710 g/mol. The molecule has 40 heteroatoms. The summed E-state index contributed by atoms with van der Waals surface area (Å²) >= 11 is 0. The van der Waals surface area contributed by atoms with Crippen molar-refractivity contribution < 1.29 is 94.4 Å². The number of hydrogen-bond donors (Lipinski definition) is 5. The van der Waals surface area contributed by atoms with Crippen LogP contribution in [-0.4, -0.2) is 215 Å². The third kappa shape index (κ3) is 27.0. The molecule has 5 fully saturated rings. The van der Waals surface area contributed by atoms with Gasteiger partial charge < -0.3 is 86.2 Å². The number of nitrogens with zero attached hydrogens (tertiary/aromatic N) is 9. The minimum absolute atomic E-state index is 0.0291. The van der Waals surface area contributed by atoms with Crippen molar-refractivity contribution in [2.24, 2.45) is 56.6 Å². The number of piperidine rings is 4. The molecule has 5 aromatic carbocycles. The topological polar surface area (TPSA) is 501 Å². The van der Waals surface area contributed by atoms with Crippen LogP contribution in [0.4, 0.5) is 14.4 Å². The zero-order valence-electron chi connectivity index (χ0n) is 72.7. The van der Waals surface area contributed by atoms with Crippen molar-refractivity contribution in [2.45, 2.75) is 236 Å². The Bertz CT molecular complexity index is 5560. The van der Waals surface area contributed by atoms with Gasteiger partial charge in [0.1, 0.15) is 93.0 Å². The number of ether oxygens (including phenoxy) is 8. The number of likely N-dealkylation sites (tertiary alicyclic amines) is 4. The van der Waals surface area contributed by atoms with Crippen molar-refractivity contribution >= 4 is 97.6 Å². The van der Waals surface area contributed by atoms with Crippen molar-refractivity contribution in [3.63, 3.8) is 0 Å². The number of nitrogens with two attached hydrogens (primary N) is 5. The average molecular weight is 1830 g/mol. The van der Waals surface area contributed by atoms with Crippen LogP contribution in [0.5, 0.6) is 28.7 Å². The van der Waals surface area contributed by atoms with E-state index in [1.165, 1.54) is 19.3 Å². The number of sulfonamides is 5. The van der Waals surface area contributed by atoms with Crippen molar-refractivity contribution in [3.8, 4) is 28.7 Å². The molecule has 4 saturated heterocycles. The highest BCUT2D eigenvalue weighted by molar-refractivity contribution is 7.90. The van der Waals surface area contributed by atoms with Gasteiger partial charge in [0.2, 0.25) is 0 Å². The van der Waals surface area contributed by atoms with E-state index in [2.05, 4.69) is 40.7 Å². The van der Waals surface area contributed by atoms with Crippen LogP contribution in [-0.2, 0) is 93.1 Å². The Hall–Kier alpha value is -10.0. The summed E-state index contributed by atoms with van der Waals surface area (Å²) in [6.07, 6.45) is 11.1. The molecule has 1 atom stereocenters. The van der Waals surface area contributed by atoms with Crippen LogP contribution < -0.4 is 52.4 Å².